The van der Waals surface area contributed by atoms with Crippen molar-refractivity contribution in [2.45, 2.75) is 32.4 Å². The molecule has 0 aliphatic heterocycles. The first-order valence-electron chi connectivity index (χ1n) is 10.8. The van der Waals surface area contributed by atoms with E-state index in [4.69, 9.17) is 0 Å². The zero-order valence-corrected chi connectivity index (χ0v) is 17.8. The van der Waals surface area contributed by atoms with Crippen LogP contribution in [0.3, 0.4) is 0 Å². The highest BCUT2D eigenvalue weighted by Gasteiger charge is 2.24. The lowest BCUT2D eigenvalue weighted by atomic mass is 9.96. The standard InChI is InChI=1S/C27H24N2O3/c1-17-5-6-21(26(31)28-22-8-9-22)15-25(17)19-7-10-24-20(14-19)11-12-29(27(24)32)16-18-3-2-4-23(30)13-18/h2-7,10-15,22,30H,8-9,16H2,1H3,(H,28,31). The zero-order valence-electron chi connectivity index (χ0n) is 17.8. The molecule has 0 spiro atoms. The number of carbonyl (C=O) groups excluding carboxylic acids is 1. The number of nitrogens with zero attached hydrogens (tertiary/aromatic N) is 1. The molecule has 1 amide bonds. The van der Waals surface area contributed by atoms with Gasteiger partial charge in [0.25, 0.3) is 11.5 Å². The number of carbonyl (C=O) groups is 1. The summed E-state index contributed by atoms with van der Waals surface area (Å²) in [6, 6.07) is 20.7. The Bertz CT molecular complexity index is 1400. The second-order valence-electron chi connectivity index (χ2n) is 8.50. The Morgan fingerprint density at radius 1 is 1.06 bits per heavy atom. The summed E-state index contributed by atoms with van der Waals surface area (Å²) in [5.74, 6) is 0.147. The zero-order chi connectivity index (χ0) is 22.2. The van der Waals surface area contributed by atoms with Gasteiger partial charge < -0.3 is 15.0 Å². The van der Waals surface area contributed by atoms with Crippen molar-refractivity contribution in [2.75, 3.05) is 0 Å². The molecule has 1 aromatic heterocycles. The van der Waals surface area contributed by atoms with Crippen LogP contribution >= 0.6 is 0 Å². The molecule has 0 radical (unpaired) electrons. The summed E-state index contributed by atoms with van der Waals surface area (Å²) in [4.78, 5) is 25.5. The minimum atomic E-state index is -0.0772. The maximum Gasteiger partial charge on any atom is 0.258 e. The van der Waals surface area contributed by atoms with E-state index in [0.29, 0.717) is 23.5 Å². The molecule has 160 valence electrons. The van der Waals surface area contributed by atoms with Crippen LogP contribution in [0.2, 0.25) is 0 Å². The van der Waals surface area contributed by atoms with Gasteiger partial charge in [0, 0.05) is 23.2 Å². The molecule has 0 bridgehead atoms. The van der Waals surface area contributed by atoms with Gasteiger partial charge in [-0.3, -0.25) is 9.59 Å². The Balaban J connectivity index is 1.49. The van der Waals surface area contributed by atoms with Gasteiger partial charge in [0.2, 0.25) is 0 Å². The Morgan fingerprint density at radius 3 is 2.69 bits per heavy atom. The summed E-state index contributed by atoms with van der Waals surface area (Å²) in [7, 11) is 0. The smallest absolute Gasteiger partial charge is 0.258 e. The molecule has 5 nitrogen and oxygen atoms in total. The van der Waals surface area contributed by atoms with E-state index in [-0.39, 0.29) is 17.2 Å². The van der Waals surface area contributed by atoms with E-state index in [9.17, 15) is 14.7 Å². The maximum atomic E-state index is 13.0. The van der Waals surface area contributed by atoms with Crippen molar-refractivity contribution in [1.29, 1.82) is 0 Å². The molecule has 5 heteroatoms. The number of amides is 1. The molecule has 32 heavy (non-hydrogen) atoms. The highest BCUT2D eigenvalue weighted by molar-refractivity contribution is 5.96. The Hall–Kier alpha value is -3.86. The predicted molar refractivity (Wildman–Crippen MR) is 126 cm³/mol. The molecular formula is C27H24N2O3. The third-order valence-corrected chi connectivity index (χ3v) is 5.96. The second kappa shape index (κ2) is 8.00. The van der Waals surface area contributed by atoms with Crippen LogP contribution in [-0.4, -0.2) is 21.6 Å². The molecule has 1 aliphatic rings. The van der Waals surface area contributed by atoms with E-state index in [1.54, 1.807) is 29.0 Å². The second-order valence-corrected chi connectivity index (χ2v) is 8.50. The third-order valence-electron chi connectivity index (χ3n) is 5.96. The Labute approximate surface area is 186 Å². The first-order chi connectivity index (χ1) is 15.5. The summed E-state index contributed by atoms with van der Waals surface area (Å²) < 4.78 is 1.64. The number of hydrogen-bond acceptors (Lipinski definition) is 3. The molecule has 1 saturated carbocycles. The quantitative estimate of drug-likeness (QED) is 0.491. The SMILES string of the molecule is Cc1ccc(C(=O)NC2CC2)cc1-c1ccc2c(=O)n(Cc3cccc(O)c3)ccc2c1. The summed E-state index contributed by atoms with van der Waals surface area (Å²) in [6.45, 7) is 2.41. The monoisotopic (exact) mass is 424 g/mol. The number of nitrogens with one attached hydrogen (secondary N) is 1. The molecule has 1 fully saturated rings. The predicted octanol–water partition coefficient (Wildman–Crippen LogP) is 4.62. The number of rotatable bonds is 5. The molecule has 0 atom stereocenters. The van der Waals surface area contributed by atoms with Crippen LogP contribution in [-0.2, 0) is 6.54 Å². The maximum absolute atomic E-state index is 13.0. The molecular weight excluding hydrogens is 400 g/mol. The van der Waals surface area contributed by atoms with E-state index in [2.05, 4.69) is 5.32 Å². The van der Waals surface area contributed by atoms with Gasteiger partial charge in [0.05, 0.1) is 6.54 Å². The van der Waals surface area contributed by atoms with Crippen LogP contribution in [0.5, 0.6) is 5.75 Å². The average molecular weight is 425 g/mol. The first kappa shape index (κ1) is 20.1. The number of phenols is 1. The fraction of sp³-hybridized carbons (Fsp3) is 0.185. The van der Waals surface area contributed by atoms with Crippen LogP contribution in [0.15, 0.2) is 77.7 Å². The van der Waals surface area contributed by atoms with E-state index >= 15 is 0 Å². The van der Waals surface area contributed by atoms with Crippen LogP contribution < -0.4 is 10.9 Å². The first-order valence-corrected chi connectivity index (χ1v) is 10.8. The largest absolute Gasteiger partial charge is 0.508 e. The third kappa shape index (κ3) is 4.02. The van der Waals surface area contributed by atoms with Crippen molar-refractivity contribution >= 4 is 16.7 Å². The van der Waals surface area contributed by atoms with Crippen molar-refractivity contribution in [3.63, 3.8) is 0 Å². The van der Waals surface area contributed by atoms with Crippen molar-refractivity contribution < 1.29 is 9.90 Å². The van der Waals surface area contributed by atoms with Crippen LogP contribution in [0.4, 0.5) is 0 Å². The van der Waals surface area contributed by atoms with Gasteiger partial charge in [0.1, 0.15) is 5.75 Å². The van der Waals surface area contributed by atoms with Crippen molar-refractivity contribution in [3.8, 4) is 16.9 Å². The molecule has 0 saturated heterocycles. The van der Waals surface area contributed by atoms with E-state index in [0.717, 1.165) is 40.5 Å². The molecule has 0 unspecified atom stereocenters. The number of hydrogen-bond donors (Lipinski definition) is 2. The summed E-state index contributed by atoms with van der Waals surface area (Å²) in [5.41, 5.74) is 4.47. The van der Waals surface area contributed by atoms with E-state index in [1.165, 1.54) is 0 Å². The van der Waals surface area contributed by atoms with E-state index in [1.807, 2.05) is 55.5 Å². The Kier molecular flexibility index (Phi) is 5.02. The van der Waals surface area contributed by atoms with Crippen molar-refractivity contribution in [1.82, 2.24) is 9.88 Å². The number of benzene rings is 3. The van der Waals surface area contributed by atoms with Gasteiger partial charge in [0.15, 0.2) is 0 Å². The van der Waals surface area contributed by atoms with Crippen molar-refractivity contribution in [2.24, 2.45) is 0 Å². The topological polar surface area (TPSA) is 71.3 Å². The van der Waals surface area contributed by atoms with Crippen LogP contribution in [0.25, 0.3) is 21.9 Å². The minimum absolute atomic E-state index is 0.0376. The number of fused-ring (bicyclic) bond motifs is 1. The lowest BCUT2D eigenvalue weighted by Gasteiger charge is -2.12. The van der Waals surface area contributed by atoms with Gasteiger partial charge in [-0.1, -0.05) is 24.3 Å². The van der Waals surface area contributed by atoms with E-state index < -0.39 is 0 Å². The highest BCUT2D eigenvalue weighted by atomic mass is 16.3. The fourth-order valence-electron chi connectivity index (χ4n) is 4.00. The average Bonchev–Trinajstić information content (AvgIpc) is 3.60. The molecule has 1 aliphatic carbocycles. The number of pyridine rings is 1. The normalized spacial score (nSPS) is 13.3. The fourth-order valence-corrected chi connectivity index (χ4v) is 4.00. The molecule has 5 rings (SSSR count). The number of aromatic nitrogens is 1. The lowest BCUT2D eigenvalue weighted by Crippen LogP contribution is -2.25. The summed E-state index contributed by atoms with van der Waals surface area (Å²) in [5, 5.41) is 14.2. The van der Waals surface area contributed by atoms with Gasteiger partial charge in [-0.2, -0.15) is 0 Å². The molecule has 2 N–H and O–H groups in total. The van der Waals surface area contributed by atoms with Gasteiger partial charge in [-0.15, -0.1) is 0 Å². The number of aromatic hydroxyl groups is 1. The molecule has 4 aromatic rings. The Morgan fingerprint density at radius 2 is 1.91 bits per heavy atom. The molecule has 1 heterocycles. The molecule has 3 aromatic carbocycles. The number of aryl methyl sites for hydroxylation is 1. The van der Waals surface area contributed by atoms with Crippen LogP contribution in [0.1, 0.15) is 34.3 Å². The summed E-state index contributed by atoms with van der Waals surface area (Å²) in [6.07, 6.45) is 3.89. The van der Waals surface area contributed by atoms with Crippen molar-refractivity contribution in [3.05, 3.63) is 100.0 Å². The number of phenolic OH excluding ortho intramolecular Hbond substituents is 1. The van der Waals surface area contributed by atoms with Gasteiger partial charge in [-0.25, -0.2) is 0 Å². The van der Waals surface area contributed by atoms with Gasteiger partial charge >= 0.3 is 0 Å². The minimum Gasteiger partial charge on any atom is -0.508 e. The highest BCUT2D eigenvalue weighted by Crippen LogP contribution is 2.28. The lowest BCUT2D eigenvalue weighted by molar-refractivity contribution is 0.0951. The summed E-state index contributed by atoms with van der Waals surface area (Å²) >= 11 is 0. The van der Waals surface area contributed by atoms with Crippen LogP contribution in [0, 0.1) is 6.92 Å². The van der Waals surface area contributed by atoms with Gasteiger partial charge in [-0.05, 0) is 89.9 Å².